The Balaban J connectivity index is 1.87. The lowest BCUT2D eigenvalue weighted by atomic mass is 9.90. The standard InChI is InChI=1S/C22H18Cl2N2O2/c1-13-4-5-15(11-18(13)24)22-19(21(27)16-3-2-10-25-12-16)20(26-28-22)14-6-8-17(23)9-7-14/h2-10,12,18,21,27H,11H2,1H3. The van der Waals surface area contributed by atoms with Gasteiger partial charge in [-0.25, -0.2) is 0 Å². The zero-order chi connectivity index (χ0) is 19.7. The summed E-state index contributed by atoms with van der Waals surface area (Å²) in [5, 5.41) is 16.0. The average molecular weight is 413 g/mol. The smallest absolute Gasteiger partial charge is 0.169 e. The van der Waals surface area contributed by atoms with Crippen molar-refractivity contribution in [1.29, 1.82) is 0 Å². The van der Waals surface area contributed by atoms with E-state index in [4.69, 9.17) is 27.7 Å². The van der Waals surface area contributed by atoms with Crippen LogP contribution in [0.4, 0.5) is 0 Å². The molecule has 0 saturated heterocycles. The van der Waals surface area contributed by atoms with Gasteiger partial charge in [-0.3, -0.25) is 4.98 Å². The van der Waals surface area contributed by atoms with Crippen LogP contribution in [0.15, 0.2) is 71.0 Å². The number of nitrogens with zero attached hydrogens (tertiary/aromatic N) is 2. The molecule has 0 saturated carbocycles. The normalized spacial score (nSPS) is 17.8. The van der Waals surface area contributed by atoms with Crippen molar-refractivity contribution in [3.05, 3.63) is 88.4 Å². The molecule has 6 heteroatoms. The molecule has 2 atom stereocenters. The van der Waals surface area contributed by atoms with E-state index in [2.05, 4.69) is 10.1 Å². The van der Waals surface area contributed by atoms with Crippen molar-refractivity contribution >= 4 is 28.8 Å². The molecule has 28 heavy (non-hydrogen) atoms. The number of halogens is 2. The molecule has 1 aromatic carbocycles. The molecular weight excluding hydrogens is 395 g/mol. The molecule has 2 aromatic heterocycles. The molecule has 2 unspecified atom stereocenters. The summed E-state index contributed by atoms with van der Waals surface area (Å²) in [4.78, 5) is 4.12. The number of aliphatic hydroxyl groups is 1. The second kappa shape index (κ2) is 7.92. The molecule has 4 nitrogen and oxygen atoms in total. The van der Waals surface area contributed by atoms with Crippen LogP contribution in [0, 0.1) is 0 Å². The molecule has 0 bridgehead atoms. The summed E-state index contributed by atoms with van der Waals surface area (Å²) in [5.74, 6) is 0.538. The minimum atomic E-state index is -0.942. The summed E-state index contributed by atoms with van der Waals surface area (Å²) in [5.41, 5.74) is 4.63. The zero-order valence-corrected chi connectivity index (χ0v) is 16.7. The number of allylic oxidation sites excluding steroid dienone is 4. The molecule has 1 N–H and O–H groups in total. The van der Waals surface area contributed by atoms with Gasteiger partial charge in [-0.05, 0) is 37.1 Å². The van der Waals surface area contributed by atoms with E-state index in [1.807, 2.05) is 37.3 Å². The van der Waals surface area contributed by atoms with Gasteiger partial charge in [0.1, 0.15) is 11.8 Å². The van der Waals surface area contributed by atoms with E-state index in [0.717, 1.165) is 16.7 Å². The Bertz CT molecular complexity index is 1040. The summed E-state index contributed by atoms with van der Waals surface area (Å²) in [6.45, 7) is 2.00. The Hall–Kier alpha value is -2.40. The van der Waals surface area contributed by atoms with Gasteiger partial charge in [0.25, 0.3) is 0 Å². The minimum Gasteiger partial charge on any atom is -0.383 e. The van der Waals surface area contributed by atoms with Gasteiger partial charge < -0.3 is 9.63 Å². The van der Waals surface area contributed by atoms with E-state index in [0.29, 0.717) is 34.0 Å². The molecule has 0 aliphatic heterocycles. The third kappa shape index (κ3) is 3.63. The second-order valence-corrected chi connectivity index (χ2v) is 7.71. The molecule has 0 radical (unpaired) electrons. The average Bonchev–Trinajstić information content (AvgIpc) is 3.16. The van der Waals surface area contributed by atoms with E-state index in [1.54, 1.807) is 30.6 Å². The number of aromatic nitrogens is 2. The van der Waals surface area contributed by atoms with Crippen LogP contribution in [0.3, 0.4) is 0 Å². The van der Waals surface area contributed by atoms with Crippen molar-refractivity contribution in [2.45, 2.75) is 24.8 Å². The third-order valence-corrected chi connectivity index (χ3v) is 5.60. The summed E-state index contributed by atoms with van der Waals surface area (Å²) < 4.78 is 5.73. The first-order valence-corrected chi connectivity index (χ1v) is 9.71. The summed E-state index contributed by atoms with van der Waals surface area (Å²) >= 11 is 12.5. The first kappa shape index (κ1) is 18.9. The van der Waals surface area contributed by atoms with Crippen LogP contribution in [-0.2, 0) is 0 Å². The van der Waals surface area contributed by atoms with Crippen molar-refractivity contribution < 1.29 is 9.63 Å². The van der Waals surface area contributed by atoms with E-state index in [1.165, 1.54) is 0 Å². The molecule has 0 amide bonds. The minimum absolute atomic E-state index is 0.118. The highest BCUT2D eigenvalue weighted by molar-refractivity contribution is 6.30. The van der Waals surface area contributed by atoms with Gasteiger partial charge in [0, 0.05) is 28.5 Å². The largest absolute Gasteiger partial charge is 0.383 e. The van der Waals surface area contributed by atoms with Gasteiger partial charge in [0.2, 0.25) is 0 Å². The quantitative estimate of drug-likeness (QED) is 0.548. The van der Waals surface area contributed by atoms with Crippen LogP contribution in [-0.4, -0.2) is 20.6 Å². The topological polar surface area (TPSA) is 59.2 Å². The lowest BCUT2D eigenvalue weighted by Gasteiger charge is -2.18. The fourth-order valence-corrected chi connectivity index (χ4v) is 3.59. The maximum absolute atomic E-state index is 11.2. The maximum Gasteiger partial charge on any atom is 0.169 e. The van der Waals surface area contributed by atoms with Gasteiger partial charge >= 0.3 is 0 Å². The van der Waals surface area contributed by atoms with E-state index in [-0.39, 0.29) is 5.38 Å². The maximum atomic E-state index is 11.2. The first-order chi connectivity index (χ1) is 13.5. The molecule has 1 aliphatic carbocycles. The summed E-state index contributed by atoms with van der Waals surface area (Å²) in [7, 11) is 0. The monoisotopic (exact) mass is 412 g/mol. The van der Waals surface area contributed by atoms with Gasteiger partial charge in [-0.15, -0.1) is 11.6 Å². The SMILES string of the molecule is CC1=CC=C(c2onc(-c3ccc(Cl)cc3)c2C(O)c2cccnc2)CC1Cl. The molecule has 0 fully saturated rings. The highest BCUT2D eigenvalue weighted by atomic mass is 35.5. The fourth-order valence-electron chi connectivity index (χ4n) is 3.23. The van der Waals surface area contributed by atoms with Crippen LogP contribution in [0.2, 0.25) is 5.02 Å². The van der Waals surface area contributed by atoms with E-state index in [9.17, 15) is 5.11 Å². The highest BCUT2D eigenvalue weighted by Gasteiger charge is 2.29. The molecular formula is C22H18Cl2N2O2. The Kier molecular flexibility index (Phi) is 5.36. The molecule has 142 valence electrons. The van der Waals surface area contributed by atoms with Gasteiger partial charge in [0.15, 0.2) is 5.76 Å². The zero-order valence-electron chi connectivity index (χ0n) is 15.1. The lowest BCUT2D eigenvalue weighted by molar-refractivity contribution is 0.218. The van der Waals surface area contributed by atoms with Crippen molar-refractivity contribution in [2.75, 3.05) is 0 Å². The van der Waals surface area contributed by atoms with Crippen LogP contribution in [0.25, 0.3) is 16.8 Å². The van der Waals surface area contributed by atoms with Crippen LogP contribution >= 0.6 is 23.2 Å². The first-order valence-electron chi connectivity index (χ1n) is 8.90. The predicted octanol–water partition coefficient (Wildman–Crippen LogP) is 5.81. The number of pyridine rings is 1. The highest BCUT2D eigenvalue weighted by Crippen LogP contribution is 2.40. The second-order valence-electron chi connectivity index (χ2n) is 6.74. The van der Waals surface area contributed by atoms with Crippen molar-refractivity contribution in [2.24, 2.45) is 0 Å². The van der Waals surface area contributed by atoms with E-state index >= 15 is 0 Å². The van der Waals surface area contributed by atoms with Crippen molar-refractivity contribution in [3.63, 3.8) is 0 Å². The summed E-state index contributed by atoms with van der Waals surface area (Å²) in [6.07, 6.45) is 6.91. The Morgan fingerprint density at radius 3 is 2.64 bits per heavy atom. The Labute approximate surface area is 173 Å². The molecule has 2 heterocycles. The fraction of sp³-hybridized carbons (Fsp3) is 0.182. The van der Waals surface area contributed by atoms with Gasteiger partial charge in [-0.2, -0.15) is 0 Å². The van der Waals surface area contributed by atoms with Crippen LogP contribution in [0.5, 0.6) is 0 Å². The lowest BCUT2D eigenvalue weighted by Crippen LogP contribution is -2.08. The van der Waals surface area contributed by atoms with Crippen LogP contribution in [0.1, 0.15) is 36.3 Å². The number of rotatable bonds is 4. The van der Waals surface area contributed by atoms with Gasteiger partial charge in [-0.1, -0.05) is 52.7 Å². The molecule has 0 spiro atoms. The Morgan fingerprint density at radius 1 is 1.18 bits per heavy atom. The molecule has 1 aliphatic rings. The number of benzene rings is 1. The molecule has 4 rings (SSSR count). The van der Waals surface area contributed by atoms with E-state index < -0.39 is 6.10 Å². The Morgan fingerprint density at radius 2 is 1.96 bits per heavy atom. The summed E-state index contributed by atoms with van der Waals surface area (Å²) in [6, 6.07) is 10.9. The van der Waals surface area contributed by atoms with Crippen molar-refractivity contribution in [3.8, 4) is 11.3 Å². The van der Waals surface area contributed by atoms with Gasteiger partial charge in [0.05, 0.1) is 10.9 Å². The van der Waals surface area contributed by atoms with Crippen LogP contribution < -0.4 is 0 Å². The number of hydrogen-bond acceptors (Lipinski definition) is 4. The number of hydrogen-bond donors (Lipinski definition) is 1. The number of alkyl halides is 1. The number of aliphatic hydroxyl groups excluding tert-OH is 1. The third-order valence-electron chi connectivity index (χ3n) is 4.85. The van der Waals surface area contributed by atoms with Crippen molar-refractivity contribution in [1.82, 2.24) is 10.1 Å². The predicted molar refractivity (Wildman–Crippen MR) is 111 cm³/mol. The molecule has 3 aromatic rings.